The van der Waals surface area contributed by atoms with Crippen molar-refractivity contribution in [3.63, 3.8) is 0 Å². The molecule has 0 aromatic rings. The van der Waals surface area contributed by atoms with Gasteiger partial charge < -0.3 is 9.84 Å². The quantitative estimate of drug-likeness (QED) is 0.804. The monoisotopic (exact) mass is 243 g/mol. The number of aliphatic hydroxyl groups is 1. The largest absolute Gasteiger partial charge is 0.391 e. The lowest BCUT2D eigenvalue weighted by Crippen LogP contribution is -2.46. The molecule has 1 saturated heterocycles. The summed E-state index contributed by atoms with van der Waals surface area (Å²) < 4.78 is 5.81. The van der Waals surface area contributed by atoms with Gasteiger partial charge in [0.05, 0.1) is 12.2 Å². The van der Waals surface area contributed by atoms with Crippen molar-refractivity contribution < 1.29 is 9.84 Å². The molecule has 0 amide bonds. The number of hydrogen-bond donors (Lipinski definition) is 1. The summed E-state index contributed by atoms with van der Waals surface area (Å²) in [5, 5.41) is 10.1. The van der Waals surface area contributed by atoms with Gasteiger partial charge in [-0.2, -0.15) is 0 Å². The first-order valence-electron chi connectivity index (χ1n) is 6.95. The van der Waals surface area contributed by atoms with E-state index in [1.54, 1.807) is 0 Å². The van der Waals surface area contributed by atoms with Crippen LogP contribution in [-0.2, 0) is 4.74 Å². The summed E-state index contributed by atoms with van der Waals surface area (Å²) in [5.41, 5.74) is -0.0305. The first-order valence-corrected chi connectivity index (χ1v) is 6.95. The van der Waals surface area contributed by atoms with E-state index in [0.717, 1.165) is 32.7 Å². The zero-order valence-electron chi connectivity index (χ0n) is 11.9. The van der Waals surface area contributed by atoms with E-state index >= 15 is 0 Å². The van der Waals surface area contributed by atoms with Crippen molar-refractivity contribution in [1.29, 1.82) is 0 Å². The van der Waals surface area contributed by atoms with Crippen LogP contribution in [0.1, 0.15) is 47.0 Å². The average Bonchev–Trinajstić information content (AvgIpc) is 2.25. The molecule has 17 heavy (non-hydrogen) atoms. The third-order valence-electron chi connectivity index (χ3n) is 3.45. The molecule has 1 fully saturated rings. The number of aliphatic hydroxyl groups excluding tert-OH is 1. The SMILES string of the molecule is CCCOC1CCCN(CC(O)C(C)(C)C)C1. The Bertz CT molecular complexity index is 213. The number of likely N-dealkylation sites (tertiary alicyclic amines) is 1. The highest BCUT2D eigenvalue weighted by molar-refractivity contribution is 4.80. The Morgan fingerprint density at radius 3 is 2.71 bits per heavy atom. The van der Waals surface area contributed by atoms with Gasteiger partial charge in [0.1, 0.15) is 0 Å². The van der Waals surface area contributed by atoms with E-state index in [2.05, 4.69) is 32.6 Å². The topological polar surface area (TPSA) is 32.7 Å². The van der Waals surface area contributed by atoms with Crippen LogP contribution in [0.25, 0.3) is 0 Å². The van der Waals surface area contributed by atoms with Gasteiger partial charge in [0.2, 0.25) is 0 Å². The fourth-order valence-corrected chi connectivity index (χ4v) is 2.12. The maximum atomic E-state index is 10.1. The van der Waals surface area contributed by atoms with Crippen molar-refractivity contribution in [2.75, 3.05) is 26.2 Å². The Morgan fingerprint density at radius 1 is 1.41 bits per heavy atom. The highest BCUT2D eigenvalue weighted by atomic mass is 16.5. The molecule has 3 nitrogen and oxygen atoms in total. The first-order chi connectivity index (χ1) is 7.93. The molecule has 0 aromatic carbocycles. The molecule has 1 N–H and O–H groups in total. The molecule has 3 heteroatoms. The van der Waals surface area contributed by atoms with Crippen molar-refractivity contribution >= 4 is 0 Å². The molecule has 0 bridgehead atoms. The smallest absolute Gasteiger partial charge is 0.0715 e. The van der Waals surface area contributed by atoms with E-state index < -0.39 is 0 Å². The fourth-order valence-electron chi connectivity index (χ4n) is 2.12. The number of β-amino-alcohol motifs (C(OH)–C–C–N with tert-alkyl or cyclic N) is 1. The Morgan fingerprint density at radius 2 is 2.12 bits per heavy atom. The highest BCUT2D eigenvalue weighted by Gasteiger charge is 2.27. The molecule has 1 aliphatic heterocycles. The molecule has 1 heterocycles. The van der Waals surface area contributed by atoms with E-state index in [-0.39, 0.29) is 11.5 Å². The second kappa shape index (κ2) is 6.72. The van der Waals surface area contributed by atoms with Gasteiger partial charge in [-0.15, -0.1) is 0 Å². The lowest BCUT2D eigenvalue weighted by molar-refractivity contribution is -0.0280. The molecular weight excluding hydrogens is 214 g/mol. The van der Waals surface area contributed by atoms with Crippen molar-refractivity contribution in [1.82, 2.24) is 4.90 Å². The van der Waals surface area contributed by atoms with Crippen molar-refractivity contribution in [3.8, 4) is 0 Å². The van der Waals surface area contributed by atoms with Crippen LogP contribution in [0.2, 0.25) is 0 Å². The van der Waals surface area contributed by atoms with Crippen LogP contribution in [0.5, 0.6) is 0 Å². The molecule has 2 unspecified atom stereocenters. The summed E-state index contributed by atoms with van der Waals surface area (Å²) in [6, 6.07) is 0. The predicted molar refractivity (Wildman–Crippen MR) is 71.2 cm³/mol. The molecule has 102 valence electrons. The van der Waals surface area contributed by atoms with Gasteiger partial charge >= 0.3 is 0 Å². The Balaban J connectivity index is 2.34. The molecule has 1 aliphatic rings. The molecule has 0 aliphatic carbocycles. The van der Waals surface area contributed by atoms with Crippen LogP contribution in [0.4, 0.5) is 0 Å². The van der Waals surface area contributed by atoms with Gasteiger partial charge in [-0.3, -0.25) is 4.90 Å². The van der Waals surface area contributed by atoms with Gasteiger partial charge in [0.25, 0.3) is 0 Å². The molecule has 0 radical (unpaired) electrons. The maximum Gasteiger partial charge on any atom is 0.0715 e. The number of ether oxygens (including phenoxy) is 1. The molecule has 0 saturated carbocycles. The zero-order chi connectivity index (χ0) is 12.9. The second-order valence-corrected chi connectivity index (χ2v) is 6.28. The summed E-state index contributed by atoms with van der Waals surface area (Å²) >= 11 is 0. The lowest BCUT2D eigenvalue weighted by atomic mass is 9.88. The van der Waals surface area contributed by atoms with Crippen LogP contribution in [-0.4, -0.2) is 48.5 Å². The van der Waals surface area contributed by atoms with Gasteiger partial charge in [-0.25, -0.2) is 0 Å². The second-order valence-electron chi connectivity index (χ2n) is 6.28. The van der Waals surface area contributed by atoms with E-state index in [4.69, 9.17) is 4.74 Å². The molecule has 1 rings (SSSR count). The van der Waals surface area contributed by atoms with E-state index in [0.29, 0.717) is 6.10 Å². The van der Waals surface area contributed by atoms with Crippen molar-refractivity contribution in [2.45, 2.75) is 59.2 Å². The van der Waals surface area contributed by atoms with E-state index in [1.165, 1.54) is 12.8 Å². The minimum absolute atomic E-state index is 0.0305. The highest BCUT2D eigenvalue weighted by Crippen LogP contribution is 2.22. The normalized spacial score (nSPS) is 24.9. The van der Waals surface area contributed by atoms with Crippen molar-refractivity contribution in [3.05, 3.63) is 0 Å². The van der Waals surface area contributed by atoms with Gasteiger partial charge in [-0.1, -0.05) is 27.7 Å². The van der Waals surface area contributed by atoms with Crippen LogP contribution in [0, 0.1) is 5.41 Å². The third kappa shape index (κ3) is 5.36. The molecule has 0 spiro atoms. The van der Waals surface area contributed by atoms with Crippen LogP contribution in [0.3, 0.4) is 0 Å². The summed E-state index contributed by atoms with van der Waals surface area (Å²) in [6.07, 6.45) is 3.55. The number of nitrogens with zero attached hydrogens (tertiary/aromatic N) is 1. The third-order valence-corrected chi connectivity index (χ3v) is 3.45. The minimum Gasteiger partial charge on any atom is -0.391 e. The van der Waals surface area contributed by atoms with Crippen LogP contribution < -0.4 is 0 Å². The van der Waals surface area contributed by atoms with Gasteiger partial charge in [0.15, 0.2) is 0 Å². The molecular formula is C14H29NO2. The Hall–Kier alpha value is -0.120. The first kappa shape index (κ1) is 14.9. The maximum absolute atomic E-state index is 10.1. The number of rotatable bonds is 5. The van der Waals surface area contributed by atoms with Crippen LogP contribution in [0.15, 0.2) is 0 Å². The molecule has 2 atom stereocenters. The summed E-state index contributed by atoms with van der Waals surface area (Å²) in [4.78, 5) is 2.35. The standard InChI is InChI=1S/C14H29NO2/c1-5-9-17-12-7-6-8-15(10-12)11-13(16)14(2,3)4/h12-13,16H,5-11H2,1-4H3. The summed E-state index contributed by atoms with van der Waals surface area (Å²) in [7, 11) is 0. The fraction of sp³-hybridized carbons (Fsp3) is 1.00. The van der Waals surface area contributed by atoms with E-state index in [1.807, 2.05) is 0 Å². The number of hydrogen-bond acceptors (Lipinski definition) is 3. The van der Waals surface area contributed by atoms with Gasteiger partial charge in [0, 0.05) is 19.7 Å². The Kier molecular flexibility index (Phi) is 5.90. The average molecular weight is 243 g/mol. The van der Waals surface area contributed by atoms with Gasteiger partial charge in [-0.05, 0) is 31.2 Å². The summed E-state index contributed by atoms with van der Waals surface area (Å²) in [5.74, 6) is 0. The van der Waals surface area contributed by atoms with E-state index in [9.17, 15) is 5.11 Å². The van der Waals surface area contributed by atoms with Crippen LogP contribution >= 0.6 is 0 Å². The lowest BCUT2D eigenvalue weighted by Gasteiger charge is -2.36. The predicted octanol–water partition coefficient (Wildman–Crippen LogP) is 2.28. The minimum atomic E-state index is -0.257. The Labute approximate surface area is 106 Å². The number of piperidine rings is 1. The summed E-state index contributed by atoms with van der Waals surface area (Å²) in [6.45, 7) is 12.1. The molecule has 0 aromatic heterocycles. The van der Waals surface area contributed by atoms with Crippen molar-refractivity contribution in [2.24, 2.45) is 5.41 Å². The zero-order valence-corrected chi connectivity index (χ0v) is 11.9.